The summed E-state index contributed by atoms with van der Waals surface area (Å²) in [6, 6.07) is 0. The molecule has 0 radical (unpaired) electrons. The Kier molecular flexibility index (Phi) is 7.48. The number of hydrogen-bond acceptors (Lipinski definition) is 4. The molecule has 0 aromatic rings. The van der Waals surface area contributed by atoms with Gasteiger partial charge in [-0.2, -0.15) is 10.2 Å². The molecule has 4 nitrogen and oxygen atoms in total. The highest BCUT2D eigenvalue weighted by Crippen LogP contribution is 2.01. The van der Waals surface area contributed by atoms with Crippen LogP contribution < -0.4 is 0 Å². The van der Waals surface area contributed by atoms with Crippen LogP contribution in [-0.4, -0.2) is 42.4 Å². The summed E-state index contributed by atoms with van der Waals surface area (Å²) in [5, 5.41) is 10.2. The molecule has 1 atom stereocenters. The van der Waals surface area contributed by atoms with Crippen LogP contribution in [0.5, 0.6) is 0 Å². The molecule has 0 fully saturated rings. The van der Waals surface area contributed by atoms with Crippen LogP contribution in [0.4, 0.5) is 0 Å². The lowest BCUT2D eigenvalue weighted by Crippen LogP contribution is -2.09. The van der Waals surface area contributed by atoms with E-state index in [1.54, 1.807) is 9.79 Å². The molecule has 0 aliphatic heterocycles. The predicted octanol–water partition coefficient (Wildman–Crippen LogP) is 2.13. The van der Waals surface area contributed by atoms with E-state index in [4.69, 9.17) is 0 Å². The van der Waals surface area contributed by atoms with Crippen molar-refractivity contribution in [3.63, 3.8) is 0 Å². The predicted molar refractivity (Wildman–Crippen MR) is 75.7 cm³/mol. The summed E-state index contributed by atoms with van der Waals surface area (Å²) in [6.07, 6.45) is 7.74. The largest absolute Gasteiger partial charge is 0.303 e. The van der Waals surface area contributed by atoms with Gasteiger partial charge in [0.15, 0.2) is 0 Å². The Hall–Kier alpha value is -1.15. The van der Waals surface area contributed by atoms with E-state index in [1.165, 1.54) is 0 Å². The SMILES string of the molecule is CC.CN(C)N=C1C=CC(=NN(C)P)C=C1. The molecule has 1 aliphatic rings. The van der Waals surface area contributed by atoms with E-state index < -0.39 is 0 Å². The second-order valence-electron chi connectivity index (χ2n) is 3.14. The van der Waals surface area contributed by atoms with Gasteiger partial charge < -0.3 is 5.01 Å². The van der Waals surface area contributed by atoms with Crippen molar-refractivity contribution in [2.24, 2.45) is 10.2 Å². The van der Waals surface area contributed by atoms with Crippen molar-refractivity contribution >= 4 is 20.8 Å². The first-order valence-corrected chi connectivity index (χ1v) is 5.78. The molecular weight excluding hydrogens is 219 g/mol. The van der Waals surface area contributed by atoms with Crippen LogP contribution in [0.2, 0.25) is 0 Å². The third-order valence-electron chi connectivity index (χ3n) is 1.44. The van der Waals surface area contributed by atoms with E-state index in [0.29, 0.717) is 0 Å². The van der Waals surface area contributed by atoms with Crippen LogP contribution in [0.15, 0.2) is 34.5 Å². The van der Waals surface area contributed by atoms with Crippen LogP contribution in [0.1, 0.15) is 13.8 Å². The van der Waals surface area contributed by atoms with Gasteiger partial charge in [-0.05, 0) is 33.7 Å². The summed E-state index contributed by atoms with van der Waals surface area (Å²) < 4.78 is 1.69. The molecule has 0 bridgehead atoms. The van der Waals surface area contributed by atoms with Crippen molar-refractivity contribution in [3.8, 4) is 0 Å². The van der Waals surface area contributed by atoms with Gasteiger partial charge in [0.2, 0.25) is 0 Å². The second kappa shape index (κ2) is 8.05. The maximum absolute atomic E-state index is 4.25. The fraction of sp³-hybridized carbons (Fsp3) is 0.455. The Labute approximate surface area is 101 Å². The van der Waals surface area contributed by atoms with Gasteiger partial charge >= 0.3 is 0 Å². The molecule has 90 valence electrons. The molecule has 1 aliphatic carbocycles. The van der Waals surface area contributed by atoms with Gasteiger partial charge in [-0.3, -0.25) is 4.78 Å². The lowest BCUT2D eigenvalue weighted by atomic mass is 10.1. The molecule has 0 saturated heterocycles. The van der Waals surface area contributed by atoms with Crippen LogP contribution in [0.3, 0.4) is 0 Å². The summed E-state index contributed by atoms with van der Waals surface area (Å²) in [5.74, 6) is 0. The first-order valence-electron chi connectivity index (χ1n) is 5.27. The van der Waals surface area contributed by atoms with Crippen molar-refractivity contribution < 1.29 is 0 Å². The molecule has 0 amide bonds. The zero-order chi connectivity index (χ0) is 12.6. The zero-order valence-electron chi connectivity index (χ0n) is 10.7. The van der Waals surface area contributed by atoms with Crippen LogP contribution in [0, 0.1) is 0 Å². The molecular formula is C11H21N4P. The van der Waals surface area contributed by atoms with Gasteiger partial charge in [0, 0.05) is 21.1 Å². The second-order valence-corrected chi connectivity index (χ2v) is 3.88. The normalized spacial score (nSPS) is 12.9. The molecule has 0 spiro atoms. The number of rotatable bonds is 2. The van der Waals surface area contributed by atoms with Crippen LogP contribution >= 0.6 is 9.39 Å². The Morgan fingerprint density at radius 2 is 1.25 bits per heavy atom. The van der Waals surface area contributed by atoms with E-state index in [9.17, 15) is 0 Å². The quantitative estimate of drug-likeness (QED) is 0.420. The van der Waals surface area contributed by atoms with E-state index in [2.05, 4.69) is 19.6 Å². The Morgan fingerprint density at radius 1 is 0.875 bits per heavy atom. The zero-order valence-corrected chi connectivity index (χ0v) is 11.8. The van der Waals surface area contributed by atoms with Gasteiger partial charge in [0.25, 0.3) is 0 Å². The Balaban J connectivity index is 0.00000106. The summed E-state index contributed by atoms with van der Waals surface area (Å²) in [5.41, 5.74) is 1.85. The summed E-state index contributed by atoms with van der Waals surface area (Å²) in [4.78, 5) is 0. The lowest BCUT2D eigenvalue weighted by molar-refractivity contribution is 0.439. The molecule has 1 unspecified atom stereocenters. The highest BCUT2D eigenvalue weighted by Gasteiger charge is 1.99. The molecule has 16 heavy (non-hydrogen) atoms. The summed E-state index contributed by atoms with van der Waals surface area (Å²) >= 11 is 0. The maximum Gasteiger partial charge on any atom is 0.0836 e. The number of hydrogen-bond donors (Lipinski definition) is 0. The Morgan fingerprint density at radius 3 is 1.56 bits per heavy atom. The van der Waals surface area contributed by atoms with Crippen LogP contribution in [-0.2, 0) is 0 Å². The topological polar surface area (TPSA) is 31.2 Å². The van der Waals surface area contributed by atoms with Crippen molar-refractivity contribution in [2.75, 3.05) is 21.1 Å². The fourth-order valence-electron chi connectivity index (χ4n) is 0.999. The van der Waals surface area contributed by atoms with Gasteiger partial charge in [-0.15, -0.1) is 0 Å². The molecule has 0 heterocycles. The molecule has 5 heteroatoms. The molecule has 0 aromatic heterocycles. The highest BCUT2D eigenvalue weighted by atomic mass is 31.0. The third-order valence-corrected chi connectivity index (χ3v) is 1.55. The minimum absolute atomic E-state index is 0.917. The number of hydrazone groups is 2. The van der Waals surface area contributed by atoms with Crippen molar-refractivity contribution in [3.05, 3.63) is 24.3 Å². The first kappa shape index (κ1) is 14.8. The highest BCUT2D eigenvalue weighted by molar-refractivity contribution is 7.13. The molecule has 0 N–H and O–H groups in total. The first-order chi connectivity index (χ1) is 7.58. The molecule has 1 rings (SSSR count). The van der Waals surface area contributed by atoms with Crippen molar-refractivity contribution in [1.29, 1.82) is 0 Å². The summed E-state index contributed by atoms with van der Waals surface area (Å²) in [6.45, 7) is 4.00. The van der Waals surface area contributed by atoms with Gasteiger partial charge in [-0.25, -0.2) is 0 Å². The smallest absolute Gasteiger partial charge is 0.0836 e. The lowest BCUT2D eigenvalue weighted by Gasteiger charge is -2.09. The average Bonchev–Trinajstić information content (AvgIpc) is 2.22. The van der Waals surface area contributed by atoms with Gasteiger partial charge in [-0.1, -0.05) is 13.8 Å². The monoisotopic (exact) mass is 240 g/mol. The average molecular weight is 240 g/mol. The number of nitrogens with zero attached hydrogens (tertiary/aromatic N) is 4. The van der Waals surface area contributed by atoms with E-state index in [-0.39, 0.29) is 0 Å². The van der Waals surface area contributed by atoms with E-state index in [1.807, 2.05) is 59.3 Å². The number of allylic oxidation sites excluding steroid dienone is 4. The third kappa shape index (κ3) is 6.36. The van der Waals surface area contributed by atoms with Gasteiger partial charge in [0.1, 0.15) is 0 Å². The minimum Gasteiger partial charge on any atom is -0.303 e. The minimum atomic E-state index is 0.917. The standard InChI is InChI=1S/C9H15N4P.C2H6/c1-12(2)10-8-4-6-9(7-5-8)11-13(3)14;1-2/h4-7H,14H2,1-3H3;1-2H3. The molecule has 0 aromatic carbocycles. The van der Waals surface area contributed by atoms with Crippen molar-refractivity contribution in [1.82, 2.24) is 9.79 Å². The van der Waals surface area contributed by atoms with Gasteiger partial charge in [0.05, 0.1) is 11.4 Å². The maximum atomic E-state index is 4.25. The van der Waals surface area contributed by atoms with Crippen molar-refractivity contribution in [2.45, 2.75) is 13.8 Å². The molecule has 0 saturated carbocycles. The van der Waals surface area contributed by atoms with E-state index >= 15 is 0 Å². The van der Waals surface area contributed by atoms with E-state index in [0.717, 1.165) is 11.4 Å². The fourth-order valence-corrected chi connectivity index (χ4v) is 1.13. The summed E-state index contributed by atoms with van der Waals surface area (Å²) in [7, 11) is 8.14. The van der Waals surface area contributed by atoms with Crippen LogP contribution in [0.25, 0.3) is 0 Å². The Bertz CT molecular complexity index is 266.